The van der Waals surface area contributed by atoms with Crippen molar-refractivity contribution < 1.29 is 23.8 Å². The smallest absolute Gasteiger partial charge is 0.411 e. The molecule has 3 N–H and O–H groups in total. The minimum absolute atomic E-state index is 0.0471. The molecule has 3 aromatic rings. The van der Waals surface area contributed by atoms with Gasteiger partial charge in [0.05, 0.1) is 0 Å². The molecule has 1 atom stereocenters. The summed E-state index contributed by atoms with van der Waals surface area (Å²) in [5.74, 6) is 1.47. The number of hydrogen-bond donors (Lipinski definition) is 3. The average Bonchev–Trinajstić information content (AvgIpc) is 3.05. The summed E-state index contributed by atoms with van der Waals surface area (Å²) < 4.78 is 13.9. The summed E-state index contributed by atoms with van der Waals surface area (Å²) >= 11 is 1.25. The zero-order chi connectivity index (χ0) is 21.7. The highest BCUT2D eigenvalue weighted by Gasteiger charge is 2.21. The highest BCUT2D eigenvalue weighted by molar-refractivity contribution is 7.97. The first-order chi connectivity index (χ1) is 14.4. The van der Waals surface area contributed by atoms with Gasteiger partial charge in [-0.3, -0.25) is 10.1 Å². The van der Waals surface area contributed by atoms with Crippen LogP contribution in [0.25, 0.3) is 21.9 Å². The molecule has 0 radical (unpaired) electrons. The quantitative estimate of drug-likeness (QED) is 0.268. The van der Waals surface area contributed by atoms with Gasteiger partial charge in [0, 0.05) is 27.8 Å². The lowest BCUT2D eigenvalue weighted by Crippen LogP contribution is -2.36. The van der Waals surface area contributed by atoms with Gasteiger partial charge in [0.2, 0.25) is 0 Å². The van der Waals surface area contributed by atoms with Crippen LogP contribution in [0.15, 0.2) is 45.7 Å². The average molecular weight is 426 g/mol. The molecule has 0 fully saturated rings. The van der Waals surface area contributed by atoms with Crippen LogP contribution >= 0.6 is 11.9 Å². The SMILES string of the molecule is C#CCCOC(=O)Nc1ccc2oc3cc(SNC(C(=O)O)C(C)C)ccc3c2c1. The third-order valence-corrected chi connectivity index (χ3v) is 5.27. The number of benzene rings is 2. The Bertz CT molecular complexity index is 1120. The largest absolute Gasteiger partial charge is 0.480 e. The monoisotopic (exact) mass is 426 g/mol. The van der Waals surface area contributed by atoms with Gasteiger partial charge in [0.1, 0.15) is 23.8 Å². The maximum absolute atomic E-state index is 11.8. The number of hydrogen-bond acceptors (Lipinski definition) is 6. The number of carbonyl (C=O) groups excluding carboxylic acids is 1. The molecule has 1 amide bonds. The topological polar surface area (TPSA) is 101 Å². The van der Waals surface area contributed by atoms with E-state index < -0.39 is 18.1 Å². The van der Waals surface area contributed by atoms with Crippen LogP contribution in [0, 0.1) is 18.3 Å². The molecular weight excluding hydrogens is 404 g/mol. The van der Waals surface area contributed by atoms with E-state index in [1.54, 1.807) is 12.1 Å². The molecule has 3 rings (SSSR count). The van der Waals surface area contributed by atoms with Crippen molar-refractivity contribution in [1.29, 1.82) is 0 Å². The Morgan fingerprint density at radius 2 is 2.00 bits per heavy atom. The van der Waals surface area contributed by atoms with Gasteiger partial charge in [-0.2, -0.15) is 0 Å². The number of ether oxygens (including phenoxy) is 1. The summed E-state index contributed by atoms with van der Waals surface area (Å²) in [7, 11) is 0. The van der Waals surface area contributed by atoms with Crippen LogP contribution in [0.3, 0.4) is 0 Å². The molecule has 0 bridgehead atoms. The van der Waals surface area contributed by atoms with Gasteiger partial charge >= 0.3 is 12.1 Å². The number of amides is 1. The third-order valence-electron chi connectivity index (χ3n) is 4.41. The fraction of sp³-hybridized carbons (Fsp3) is 0.273. The summed E-state index contributed by atoms with van der Waals surface area (Å²) in [5, 5.41) is 13.7. The van der Waals surface area contributed by atoms with Crippen molar-refractivity contribution in [3.8, 4) is 12.3 Å². The van der Waals surface area contributed by atoms with Crippen LogP contribution in [0.5, 0.6) is 0 Å². The number of nitrogens with one attached hydrogen (secondary N) is 2. The van der Waals surface area contributed by atoms with E-state index in [1.807, 2.05) is 38.1 Å². The summed E-state index contributed by atoms with van der Waals surface area (Å²) in [5.41, 5.74) is 1.93. The van der Waals surface area contributed by atoms with E-state index in [9.17, 15) is 14.7 Å². The van der Waals surface area contributed by atoms with Gasteiger partial charge in [0.15, 0.2) is 0 Å². The summed E-state index contributed by atoms with van der Waals surface area (Å²) in [6.45, 7) is 3.86. The van der Waals surface area contributed by atoms with Crippen molar-refractivity contribution in [2.75, 3.05) is 11.9 Å². The molecule has 0 spiro atoms. The maximum Gasteiger partial charge on any atom is 0.411 e. The Morgan fingerprint density at radius 3 is 2.70 bits per heavy atom. The fourth-order valence-electron chi connectivity index (χ4n) is 2.86. The summed E-state index contributed by atoms with van der Waals surface area (Å²) in [6.07, 6.45) is 4.93. The second-order valence-corrected chi connectivity index (χ2v) is 7.88. The highest BCUT2D eigenvalue weighted by Crippen LogP contribution is 2.33. The molecule has 0 saturated carbocycles. The normalized spacial score (nSPS) is 12.1. The molecule has 1 heterocycles. The Balaban J connectivity index is 1.77. The molecule has 0 aliphatic heterocycles. The molecule has 8 heteroatoms. The minimum atomic E-state index is -0.889. The maximum atomic E-state index is 11.8. The van der Waals surface area contributed by atoms with Crippen molar-refractivity contribution >= 4 is 51.6 Å². The van der Waals surface area contributed by atoms with Crippen LogP contribution in [0.2, 0.25) is 0 Å². The first kappa shape index (κ1) is 21.6. The molecule has 7 nitrogen and oxygen atoms in total. The number of aliphatic carboxylic acids is 1. The molecule has 156 valence electrons. The van der Waals surface area contributed by atoms with Crippen molar-refractivity contribution in [3.05, 3.63) is 36.4 Å². The number of carboxylic acids is 1. The predicted molar refractivity (Wildman–Crippen MR) is 117 cm³/mol. The van der Waals surface area contributed by atoms with Crippen LogP contribution in [-0.2, 0) is 9.53 Å². The lowest BCUT2D eigenvalue weighted by Gasteiger charge is -2.16. The molecule has 0 aliphatic rings. The van der Waals surface area contributed by atoms with Gasteiger partial charge in [-0.1, -0.05) is 13.8 Å². The molecule has 1 aromatic heterocycles. The minimum Gasteiger partial charge on any atom is -0.480 e. The molecule has 1 unspecified atom stereocenters. The molecule has 30 heavy (non-hydrogen) atoms. The zero-order valence-electron chi connectivity index (χ0n) is 16.6. The summed E-state index contributed by atoms with van der Waals surface area (Å²) in [6, 6.07) is 10.3. The number of carbonyl (C=O) groups is 2. The zero-order valence-corrected chi connectivity index (χ0v) is 17.4. The van der Waals surface area contributed by atoms with E-state index in [0.29, 0.717) is 23.3 Å². The van der Waals surface area contributed by atoms with Crippen LogP contribution in [-0.4, -0.2) is 29.8 Å². The van der Waals surface area contributed by atoms with E-state index in [-0.39, 0.29) is 12.5 Å². The van der Waals surface area contributed by atoms with Crippen LogP contribution in [0.1, 0.15) is 20.3 Å². The van der Waals surface area contributed by atoms with E-state index in [4.69, 9.17) is 15.6 Å². The number of furan rings is 1. The lowest BCUT2D eigenvalue weighted by atomic mass is 10.1. The predicted octanol–water partition coefficient (Wildman–Crippen LogP) is 4.86. The van der Waals surface area contributed by atoms with Crippen LogP contribution < -0.4 is 10.0 Å². The highest BCUT2D eigenvalue weighted by atomic mass is 32.2. The van der Waals surface area contributed by atoms with Gasteiger partial charge in [-0.15, -0.1) is 12.3 Å². The van der Waals surface area contributed by atoms with Gasteiger partial charge in [-0.25, -0.2) is 9.52 Å². The van der Waals surface area contributed by atoms with E-state index >= 15 is 0 Å². The summed E-state index contributed by atoms with van der Waals surface area (Å²) in [4.78, 5) is 24.0. The van der Waals surface area contributed by atoms with Crippen molar-refractivity contribution in [3.63, 3.8) is 0 Å². The second kappa shape index (κ2) is 9.57. The van der Waals surface area contributed by atoms with Gasteiger partial charge in [0.25, 0.3) is 0 Å². The number of carboxylic acid groups (broad SMARTS) is 1. The van der Waals surface area contributed by atoms with E-state index in [0.717, 1.165) is 15.7 Å². The van der Waals surface area contributed by atoms with Crippen molar-refractivity contribution in [1.82, 2.24) is 4.72 Å². The molecular formula is C22H22N2O5S. The Morgan fingerprint density at radius 1 is 1.20 bits per heavy atom. The van der Waals surface area contributed by atoms with E-state index in [2.05, 4.69) is 16.0 Å². The first-order valence-corrected chi connectivity index (χ1v) is 10.2. The van der Waals surface area contributed by atoms with Crippen molar-refractivity contribution in [2.45, 2.75) is 31.2 Å². The standard InChI is InChI=1S/C22H22N2O5S/c1-4-5-10-28-22(27)23-14-6-9-18-17(11-14)16-8-7-15(12-19(16)29-18)30-24-20(13(2)3)21(25)26/h1,6-9,11-13,20,24H,5,10H2,2-3H3,(H,23,27)(H,25,26). The number of fused-ring (bicyclic) bond motifs is 3. The first-order valence-electron chi connectivity index (χ1n) is 9.37. The lowest BCUT2D eigenvalue weighted by molar-refractivity contribution is -0.139. The third kappa shape index (κ3) is 5.06. The number of rotatable bonds is 8. The second-order valence-electron chi connectivity index (χ2n) is 6.97. The number of terminal acetylenes is 1. The van der Waals surface area contributed by atoms with Crippen molar-refractivity contribution in [2.24, 2.45) is 5.92 Å². The molecule has 2 aromatic carbocycles. The fourth-order valence-corrected chi connectivity index (χ4v) is 3.80. The molecule has 0 aliphatic carbocycles. The Hall–Kier alpha value is -3.15. The van der Waals surface area contributed by atoms with Gasteiger partial charge in [-0.05, 0) is 54.3 Å². The Labute approximate surface area is 178 Å². The Kier molecular flexibility index (Phi) is 6.87. The molecule has 0 saturated heterocycles. The number of anilines is 1. The van der Waals surface area contributed by atoms with Gasteiger partial charge < -0.3 is 14.3 Å². The van der Waals surface area contributed by atoms with Crippen LogP contribution in [0.4, 0.5) is 10.5 Å². The van der Waals surface area contributed by atoms with E-state index in [1.165, 1.54) is 11.9 Å².